The summed E-state index contributed by atoms with van der Waals surface area (Å²) in [4.78, 5) is 37.5. The van der Waals surface area contributed by atoms with Crippen molar-refractivity contribution < 1.29 is 28.6 Å². The van der Waals surface area contributed by atoms with Crippen LogP contribution in [0, 0.1) is 0 Å². The van der Waals surface area contributed by atoms with E-state index in [1.807, 2.05) is 0 Å². The normalized spacial score (nSPS) is 14.6. The van der Waals surface area contributed by atoms with Crippen LogP contribution in [0.15, 0.2) is 48.2 Å². The van der Waals surface area contributed by atoms with Crippen molar-refractivity contribution in [1.29, 1.82) is 0 Å². The molecule has 1 saturated heterocycles. The maximum absolute atomic E-state index is 12.7. The van der Waals surface area contributed by atoms with E-state index in [1.165, 1.54) is 19.3 Å². The zero-order chi connectivity index (χ0) is 21.7. The van der Waals surface area contributed by atoms with Gasteiger partial charge in [-0.05, 0) is 42.8 Å². The summed E-state index contributed by atoms with van der Waals surface area (Å²) in [6, 6.07) is 11.1. The number of carbonyl (C=O) groups is 3. The highest BCUT2D eigenvalue weighted by Gasteiger charge is 2.34. The van der Waals surface area contributed by atoms with Crippen LogP contribution < -0.4 is 19.7 Å². The first-order valence-electron chi connectivity index (χ1n) is 9.02. The Labute approximate surface area is 178 Å². The summed E-state index contributed by atoms with van der Waals surface area (Å²) in [6.07, 6.45) is 1.48. The lowest BCUT2D eigenvalue weighted by molar-refractivity contribution is -0.145. The molecule has 1 aliphatic rings. The summed E-state index contributed by atoms with van der Waals surface area (Å²) in [6.45, 7) is 1.60. The van der Waals surface area contributed by atoms with Crippen LogP contribution in [-0.2, 0) is 14.3 Å². The number of nitrogens with zero attached hydrogens (tertiary/aromatic N) is 1. The predicted molar refractivity (Wildman–Crippen MR) is 111 cm³/mol. The largest absolute Gasteiger partial charge is 0.493 e. The number of anilines is 1. The number of urea groups is 1. The second-order valence-electron chi connectivity index (χ2n) is 6.09. The molecule has 9 heteroatoms. The van der Waals surface area contributed by atoms with Gasteiger partial charge in [0.2, 0.25) is 0 Å². The molecule has 0 unspecified atom stereocenters. The number of carbonyl (C=O) groups excluding carboxylic acids is 3. The van der Waals surface area contributed by atoms with Crippen LogP contribution in [-0.4, -0.2) is 38.2 Å². The van der Waals surface area contributed by atoms with E-state index < -0.39 is 17.9 Å². The summed E-state index contributed by atoms with van der Waals surface area (Å²) in [5, 5.41) is 2.72. The minimum Gasteiger partial charge on any atom is -0.493 e. The lowest BCUT2D eigenvalue weighted by Gasteiger charge is -2.13. The maximum atomic E-state index is 12.7. The Hall–Kier alpha value is -3.52. The number of benzene rings is 2. The molecular formula is C21H19ClN2O6. The molecule has 0 aromatic heterocycles. The molecule has 0 bridgehead atoms. The van der Waals surface area contributed by atoms with Crippen molar-refractivity contribution in [3.8, 4) is 11.5 Å². The molecule has 1 heterocycles. The number of ether oxygens (including phenoxy) is 3. The summed E-state index contributed by atoms with van der Waals surface area (Å²) >= 11 is 6.28. The lowest BCUT2D eigenvalue weighted by Crippen LogP contribution is -2.30. The van der Waals surface area contributed by atoms with E-state index in [2.05, 4.69) is 5.32 Å². The molecule has 1 aliphatic heterocycles. The summed E-state index contributed by atoms with van der Waals surface area (Å²) < 4.78 is 15.5. The third-order valence-electron chi connectivity index (χ3n) is 4.10. The van der Waals surface area contributed by atoms with Crippen molar-refractivity contribution in [1.82, 2.24) is 5.32 Å². The van der Waals surface area contributed by atoms with E-state index in [1.54, 1.807) is 43.3 Å². The van der Waals surface area contributed by atoms with Gasteiger partial charge in [0.05, 0.1) is 24.4 Å². The van der Waals surface area contributed by atoms with Crippen molar-refractivity contribution in [3.05, 3.63) is 58.7 Å². The van der Waals surface area contributed by atoms with Crippen LogP contribution in [0.3, 0.4) is 0 Å². The zero-order valence-electron chi connectivity index (χ0n) is 16.3. The fraction of sp³-hybridized carbons (Fsp3) is 0.190. The topological polar surface area (TPSA) is 94.2 Å². The minimum absolute atomic E-state index is 0.0853. The van der Waals surface area contributed by atoms with Gasteiger partial charge < -0.3 is 19.5 Å². The van der Waals surface area contributed by atoms with Crippen LogP contribution in [0.5, 0.6) is 11.5 Å². The van der Waals surface area contributed by atoms with E-state index in [-0.39, 0.29) is 35.4 Å². The van der Waals surface area contributed by atoms with E-state index in [0.29, 0.717) is 11.3 Å². The Kier molecular flexibility index (Phi) is 6.58. The number of esters is 1. The maximum Gasteiger partial charge on any atom is 0.344 e. The number of amides is 3. The first kappa shape index (κ1) is 21.2. The van der Waals surface area contributed by atoms with E-state index in [4.69, 9.17) is 25.8 Å². The van der Waals surface area contributed by atoms with Crippen molar-refractivity contribution in [2.45, 2.75) is 6.92 Å². The van der Waals surface area contributed by atoms with Gasteiger partial charge in [-0.2, -0.15) is 0 Å². The number of methoxy groups -OCH3 is 1. The number of imide groups is 1. The fourth-order valence-electron chi connectivity index (χ4n) is 2.81. The summed E-state index contributed by atoms with van der Waals surface area (Å²) in [7, 11) is 1.42. The lowest BCUT2D eigenvalue weighted by atomic mass is 10.1. The standard InChI is InChI=1S/C21H19ClN2O6/c1-3-29-18(25)12-30-19-15(22)9-13(11-17(19)28-2)10-16-20(26)24(21(27)23-16)14-7-5-4-6-8-14/h4-11H,3,12H2,1-2H3,(H,23,27)/b16-10+. The Bertz CT molecular complexity index is 1010. The number of para-hydroxylation sites is 1. The molecule has 30 heavy (non-hydrogen) atoms. The van der Waals surface area contributed by atoms with Crippen molar-refractivity contribution in [2.75, 3.05) is 25.2 Å². The first-order chi connectivity index (χ1) is 14.4. The number of hydrogen-bond donors (Lipinski definition) is 1. The third kappa shape index (κ3) is 4.55. The van der Waals surface area contributed by atoms with Crippen molar-refractivity contribution in [3.63, 3.8) is 0 Å². The molecule has 0 radical (unpaired) electrons. The predicted octanol–water partition coefficient (Wildman–Crippen LogP) is 3.39. The van der Waals surface area contributed by atoms with Gasteiger partial charge in [-0.1, -0.05) is 29.8 Å². The quantitative estimate of drug-likeness (QED) is 0.411. The monoisotopic (exact) mass is 430 g/mol. The molecule has 2 aromatic carbocycles. The molecule has 156 valence electrons. The Morgan fingerprint density at radius 1 is 1.20 bits per heavy atom. The smallest absolute Gasteiger partial charge is 0.344 e. The number of rotatable bonds is 7. The zero-order valence-corrected chi connectivity index (χ0v) is 17.1. The van der Waals surface area contributed by atoms with Crippen LogP contribution in [0.4, 0.5) is 10.5 Å². The van der Waals surface area contributed by atoms with Crippen LogP contribution in [0.2, 0.25) is 5.02 Å². The second-order valence-corrected chi connectivity index (χ2v) is 6.50. The SMILES string of the molecule is CCOC(=O)COc1c(Cl)cc(/C=C2/NC(=O)N(c3ccccc3)C2=O)cc1OC. The van der Waals surface area contributed by atoms with Gasteiger partial charge in [0.15, 0.2) is 18.1 Å². The summed E-state index contributed by atoms with van der Waals surface area (Å²) in [5.41, 5.74) is 1.04. The molecule has 0 atom stereocenters. The molecule has 1 fully saturated rings. The molecule has 0 spiro atoms. The Morgan fingerprint density at radius 3 is 2.60 bits per heavy atom. The molecule has 1 N–H and O–H groups in total. The molecule has 8 nitrogen and oxygen atoms in total. The minimum atomic E-state index is -0.551. The number of hydrogen-bond acceptors (Lipinski definition) is 6. The van der Waals surface area contributed by atoms with Crippen LogP contribution in [0.1, 0.15) is 12.5 Å². The molecule has 0 saturated carbocycles. The van der Waals surface area contributed by atoms with Gasteiger partial charge in [-0.25, -0.2) is 14.5 Å². The third-order valence-corrected chi connectivity index (χ3v) is 4.38. The van der Waals surface area contributed by atoms with Crippen molar-refractivity contribution in [2.24, 2.45) is 0 Å². The average molecular weight is 431 g/mol. The van der Waals surface area contributed by atoms with Crippen LogP contribution in [0.25, 0.3) is 6.08 Å². The second kappa shape index (κ2) is 9.32. The molecule has 3 amide bonds. The molecule has 3 rings (SSSR count). The molecular weight excluding hydrogens is 412 g/mol. The van der Waals surface area contributed by atoms with Gasteiger partial charge in [-0.3, -0.25) is 4.79 Å². The van der Waals surface area contributed by atoms with E-state index >= 15 is 0 Å². The van der Waals surface area contributed by atoms with Crippen LogP contribution >= 0.6 is 11.6 Å². The molecule has 2 aromatic rings. The highest BCUT2D eigenvalue weighted by molar-refractivity contribution is 6.32. The number of nitrogens with one attached hydrogen (secondary N) is 1. The Balaban J connectivity index is 1.85. The average Bonchev–Trinajstić information content (AvgIpc) is 3.00. The van der Waals surface area contributed by atoms with E-state index in [9.17, 15) is 14.4 Å². The Morgan fingerprint density at radius 2 is 1.93 bits per heavy atom. The number of halogens is 1. The first-order valence-corrected chi connectivity index (χ1v) is 9.40. The highest BCUT2D eigenvalue weighted by atomic mass is 35.5. The van der Waals surface area contributed by atoms with Gasteiger partial charge in [0, 0.05) is 0 Å². The van der Waals surface area contributed by atoms with Gasteiger partial charge >= 0.3 is 12.0 Å². The van der Waals surface area contributed by atoms with E-state index in [0.717, 1.165) is 4.90 Å². The highest BCUT2D eigenvalue weighted by Crippen LogP contribution is 2.37. The van der Waals surface area contributed by atoms with Gasteiger partial charge in [-0.15, -0.1) is 0 Å². The van der Waals surface area contributed by atoms with Gasteiger partial charge in [0.1, 0.15) is 5.70 Å². The summed E-state index contributed by atoms with van der Waals surface area (Å²) in [5.74, 6) is -0.608. The fourth-order valence-corrected chi connectivity index (χ4v) is 3.08. The molecule has 0 aliphatic carbocycles. The van der Waals surface area contributed by atoms with Crippen molar-refractivity contribution >= 4 is 41.3 Å². The van der Waals surface area contributed by atoms with Gasteiger partial charge in [0.25, 0.3) is 5.91 Å².